The van der Waals surface area contributed by atoms with Gasteiger partial charge in [0.05, 0.1) is 17.3 Å². The molecule has 30 heavy (non-hydrogen) atoms. The van der Waals surface area contributed by atoms with E-state index in [0.29, 0.717) is 34.8 Å². The quantitative estimate of drug-likeness (QED) is 0.578. The Balaban J connectivity index is 1.66. The second-order valence-electron chi connectivity index (χ2n) is 7.11. The lowest BCUT2D eigenvalue weighted by Gasteiger charge is -2.10. The molecular formula is C22H23N3O5. The third-order valence-corrected chi connectivity index (χ3v) is 4.30. The molecule has 2 N–H and O–H groups in total. The van der Waals surface area contributed by atoms with Gasteiger partial charge >= 0.3 is 12.0 Å². The number of pyridine rings is 1. The van der Waals surface area contributed by atoms with Gasteiger partial charge in [0, 0.05) is 11.9 Å². The standard InChI is InChI=1S/C22H23N3O5/c1-14(2)9-10-23-22(28)25-20(26)13-30-21(27)16-12-18(19-8-5-11-29-19)24-17-7-4-3-6-15(16)17/h3-8,11-12,14H,9-10,13H2,1-2H3,(H2,23,25,26,28). The minimum absolute atomic E-state index is 0.251. The smallest absolute Gasteiger partial charge is 0.339 e. The van der Waals surface area contributed by atoms with Gasteiger partial charge < -0.3 is 14.5 Å². The molecule has 0 unspecified atom stereocenters. The number of rotatable bonds is 7. The Morgan fingerprint density at radius 3 is 2.67 bits per heavy atom. The fraction of sp³-hybridized carbons (Fsp3) is 0.273. The van der Waals surface area contributed by atoms with Crippen molar-refractivity contribution in [1.29, 1.82) is 0 Å². The Kier molecular flexibility index (Phi) is 6.79. The number of urea groups is 1. The molecule has 0 radical (unpaired) electrons. The number of ether oxygens (including phenoxy) is 1. The molecule has 0 saturated carbocycles. The molecule has 3 amide bonds. The van der Waals surface area contributed by atoms with Crippen LogP contribution in [0.25, 0.3) is 22.4 Å². The number of hydrogen-bond donors (Lipinski definition) is 2. The molecule has 2 heterocycles. The van der Waals surface area contributed by atoms with Crippen LogP contribution in [0.2, 0.25) is 0 Å². The Morgan fingerprint density at radius 2 is 1.93 bits per heavy atom. The summed E-state index contributed by atoms with van der Waals surface area (Å²) in [5.41, 5.74) is 1.31. The number of esters is 1. The van der Waals surface area contributed by atoms with Crippen molar-refractivity contribution in [3.63, 3.8) is 0 Å². The summed E-state index contributed by atoms with van der Waals surface area (Å²) < 4.78 is 10.5. The number of amides is 3. The summed E-state index contributed by atoms with van der Waals surface area (Å²) in [7, 11) is 0. The number of carbonyl (C=O) groups excluding carboxylic acids is 3. The van der Waals surface area contributed by atoms with Gasteiger partial charge in [0.25, 0.3) is 5.91 Å². The molecule has 0 aliphatic carbocycles. The van der Waals surface area contributed by atoms with E-state index >= 15 is 0 Å². The van der Waals surface area contributed by atoms with E-state index in [-0.39, 0.29) is 5.56 Å². The average Bonchev–Trinajstić information content (AvgIpc) is 3.26. The fourth-order valence-electron chi connectivity index (χ4n) is 2.78. The highest BCUT2D eigenvalue weighted by atomic mass is 16.5. The van der Waals surface area contributed by atoms with Crippen LogP contribution in [0.15, 0.2) is 53.1 Å². The number of hydrogen-bond acceptors (Lipinski definition) is 6. The second-order valence-corrected chi connectivity index (χ2v) is 7.11. The predicted octanol–water partition coefficient (Wildman–Crippen LogP) is 3.52. The van der Waals surface area contributed by atoms with Crippen LogP contribution in [0.4, 0.5) is 4.79 Å². The van der Waals surface area contributed by atoms with Crippen molar-refractivity contribution >= 4 is 28.8 Å². The maximum absolute atomic E-state index is 12.7. The van der Waals surface area contributed by atoms with E-state index < -0.39 is 24.5 Å². The predicted molar refractivity (Wildman–Crippen MR) is 111 cm³/mol. The van der Waals surface area contributed by atoms with E-state index in [2.05, 4.69) is 15.6 Å². The first-order valence-electron chi connectivity index (χ1n) is 9.62. The normalized spacial score (nSPS) is 10.8. The fourth-order valence-corrected chi connectivity index (χ4v) is 2.78. The minimum Gasteiger partial charge on any atom is -0.463 e. The van der Waals surface area contributed by atoms with Crippen molar-refractivity contribution in [2.45, 2.75) is 20.3 Å². The van der Waals surface area contributed by atoms with Gasteiger partial charge in [-0.05, 0) is 36.6 Å². The molecule has 3 rings (SSSR count). The van der Waals surface area contributed by atoms with E-state index in [0.717, 1.165) is 6.42 Å². The van der Waals surface area contributed by atoms with Crippen LogP contribution in [-0.2, 0) is 9.53 Å². The third-order valence-electron chi connectivity index (χ3n) is 4.30. The summed E-state index contributed by atoms with van der Waals surface area (Å²) in [6, 6.07) is 11.5. The summed E-state index contributed by atoms with van der Waals surface area (Å²) in [4.78, 5) is 40.8. The topological polar surface area (TPSA) is 111 Å². The van der Waals surface area contributed by atoms with Crippen LogP contribution >= 0.6 is 0 Å². The van der Waals surface area contributed by atoms with Crippen LogP contribution in [0.1, 0.15) is 30.6 Å². The van der Waals surface area contributed by atoms with Gasteiger partial charge in [-0.2, -0.15) is 0 Å². The molecule has 156 valence electrons. The Morgan fingerprint density at radius 1 is 1.13 bits per heavy atom. The van der Waals surface area contributed by atoms with Gasteiger partial charge in [-0.25, -0.2) is 14.6 Å². The van der Waals surface area contributed by atoms with Gasteiger partial charge in [0.15, 0.2) is 12.4 Å². The first-order chi connectivity index (χ1) is 14.4. The van der Waals surface area contributed by atoms with Gasteiger partial charge in [0.1, 0.15) is 5.69 Å². The van der Waals surface area contributed by atoms with E-state index in [1.807, 2.05) is 19.9 Å². The summed E-state index contributed by atoms with van der Waals surface area (Å²) in [5.74, 6) is -0.472. The molecule has 0 saturated heterocycles. The van der Waals surface area contributed by atoms with E-state index in [1.165, 1.54) is 6.26 Å². The van der Waals surface area contributed by atoms with Crippen molar-refractivity contribution in [2.75, 3.05) is 13.2 Å². The Bertz CT molecular complexity index is 1040. The van der Waals surface area contributed by atoms with Crippen molar-refractivity contribution in [2.24, 2.45) is 5.92 Å². The summed E-state index contributed by atoms with van der Waals surface area (Å²) in [6.45, 7) is 3.94. The highest BCUT2D eigenvalue weighted by Crippen LogP contribution is 2.25. The zero-order valence-electron chi connectivity index (χ0n) is 16.8. The molecule has 1 aromatic carbocycles. The average molecular weight is 409 g/mol. The largest absolute Gasteiger partial charge is 0.463 e. The number of furan rings is 1. The lowest BCUT2D eigenvalue weighted by Crippen LogP contribution is -2.42. The van der Waals surface area contributed by atoms with Crippen LogP contribution < -0.4 is 10.6 Å². The van der Waals surface area contributed by atoms with E-state index in [9.17, 15) is 14.4 Å². The number of imide groups is 1. The van der Waals surface area contributed by atoms with Crippen LogP contribution in [0.5, 0.6) is 0 Å². The minimum atomic E-state index is -0.713. The van der Waals surface area contributed by atoms with Crippen molar-refractivity contribution < 1.29 is 23.5 Å². The SMILES string of the molecule is CC(C)CCNC(=O)NC(=O)COC(=O)c1cc(-c2ccco2)nc2ccccc12. The first kappa shape index (κ1) is 21.0. The monoisotopic (exact) mass is 409 g/mol. The number of fused-ring (bicyclic) bond motifs is 1. The van der Waals surface area contributed by atoms with Crippen molar-refractivity contribution in [1.82, 2.24) is 15.6 Å². The highest BCUT2D eigenvalue weighted by molar-refractivity contribution is 6.05. The van der Waals surface area contributed by atoms with Crippen molar-refractivity contribution in [3.8, 4) is 11.5 Å². The van der Waals surface area contributed by atoms with Gasteiger partial charge in [-0.3, -0.25) is 10.1 Å². The Hall–Kier alpha value is -3.68. The zero-order valence-corrected chi connectivity index (χ0v) is 16.8. The molecule has 0 atom stereocenters. The zero-order chi connectivity index (χ0) is 21.5. The molecular weight excluding hydrogens is 386 g/mol. The number of nitrogens with zero attached hydrogens (tertiary/aromatic N) is 1. The third kappa shape index (κ3) is 5.44. The highest BCUT2D eigenvalue weighted by Gasteiger charge is 2.18. The number of benzene rings is 1. The summed E-state index contributed by atoms with van der Waals surface area (Å²) >= 11 is 0. The molecule has 0 spiro atoms. The first-order valence-corrected chi connectivity index (χ1v) is 9.62. The lowest BCUT2D eigenvalue weighted by atomic mass is 10.1. The molecule has 0 fully saturated rings. The molecule has 0 bridgehead atoms. The summed E-state index contributed by atoms with van der Waals surface area (Å²) in [5, 5.41) is 5.31. The molecule has 8 heteroatoms. The number of nitrogens with one attached hydrogen (secondary N) is 2. The number of para-hydroxylation sites is 1. The molecule has 0 aliphatic heterocycles. The molecule has 3 aromatic rings. The van der Waals surface area contributed by atoms with Gasteiger partial charge in [-0.15, -0.1) is 0 Å². The maximum Gasteiger partial charge on any atom is 0.339 e. The molecule has 8 nitrogen and oxygen atoms in total. The van der Waals surface area contributed by atoms with E-state index in [4.69, 9.17) is 9.15 Å². The molecule has 0 aliphatic rings. The summed E-state index contributed by atoms with van der Waals surface area (Å²) in [6.07, 6.45) is 2.31. The van der Waals surface area contributed by atoms with Crippen LogP contribution in [-0.4, -0.2) is 36.0 Å². The van der Waals surface area contributed by atoms with Crippen LogP contribution in [0, 0.1) is 5.92 Å². The van der Waals surface area contributed by atoms with Crippen molar-refractivity contribution in [3.05, 3.63) is 54.3 Å². The molecule has 2 aromatic heterocycles. The van der Waals surface area contributed by atoms with Gasteiger partial charge in [0.2, 0.25) is 0 Å². The van der Waals surface area contributed by atoms with Gasteiger partial charge in [-0.1, -0.05) is 32.0 Å². The maximum atomic E-state index is 12.7. The Labute approximate surface area is 173 Å². The van der Waals surface area contributed by atoms with E-state index in [1.54, 1.807) is 36.4 Å². The number of aromatic nitrogens is 1. The number of carbonyl (C=O) groups is 3. The second kappa shape index (κ2) is 9.69. The lowest BCUT2D eigenvalue weighted by molar-refractivity contribution is -0.123. The van der Waals surface area contributed by atoms with Crippen LogP contribution in [0.3, 0.4) is 0 Å².